The van der Waals surface area contributed by atoms with Gasteiger partial charge in [-0.1, -0.05) is 24.3 Å². The average Bonchev–Trinajstić information content (AvgIpc) is 2.76. The van der Waals surface area contributed by atoms with E-state index in [2.05, 4.69) is 10.6 Å². The largest absolute Gasteiger partial charge is 0.341 e. The smallest absolute Gasteiger partial charge is 0.270 e. The van der Waals surface area contributed by atoms with Crippen LogP contribution in [0.2, 0.25) is 0 Å². The van der Waals surface area contributed by atoms with Gasteiger partial charge in [-0.05, 0) is 36.8 Å². The Kier molecular flexibility index (Phi) is 6.56. The Morgan fingerprint density at radius 1 is 1.06 bits per heavy atom. The topological polar surface area (TPSA) is 123 Å². The summed E-state index contributed by atoms with van der Waals surface area (Å²) in [4.78, 5) is 46.7. The highest BCUT2D eigenvalue weighted by molar-refractivity contribution is 6.01. The molecule has 1 unspecified atom stereocenters. The van der Waals surface area contributed by atoms with Gasteiger partial charge in [-0.15, -0.1) is 0 Å². The van der Waals surface area contributed by atoms with E-state index in [1.807, 2.05) is 0 Å². The molecule has 9 nitrogen and oxygen atoms in total. The predicted octanol–water partition coefficient (Wildman–Crippen LogP) is 2.56. The Balaban J connectivity index is 1.58. The van der Waals surface area contributed by atoms with Crippen LogP contribution in [0.4, 0.5) is 11.4 Å². The molecule has 0 aliphatic heterocycles. The van der Waals surface area contributed by atoms with Gasteiger partial charge in [0.25, 0.3) is 17.2 Å². The molecule has 0 radical (unpaired) electrons. The fourth-order valence-corrected chi connectivity index (χ4v) is 2.84. The van der Waals surface area contributed by atoms with Gasteiger partial charge < -0.3 is 15.2 Å². The third-order valence-corrected chi connectivity index (χ3v) is 4.53. The number of anilines is 1. The van der Waals surface area contributed by atoms with Crippen molar-refractivity contribution in [2.75, 3.05) is 5.32 Å². The molecular formula is C22H20N4O5. The van der Waals surface area contributed by atoms with E-state index in [1.165, 1.54) is 31.2 Å². The zero-order chi connectivity index (χ0) is 22.4. The SMILES string of the molecule is CC(NC(=O)c1cccc([N+](=O)[O-])c1)C(=O)Nc1ccc(Cn2ccccc2=O)cc1. The monoisotopic (exact) mass is 420 g/mol. The lowest BCUT2D eigenvalue weighted by Gasteiger charge is -2.14. The number of benzene rings is 2. The average molecular weight is 420 g/mol. The summed E-state index contributed by atoms with van der Waals surface area (Å²) in [6, 6.07) is 16.3. The number of hydrogen-bond acceptors (Lipinski definition) is 5. The first-order chi connectivity index (χ1) is 14.8. The number of nitro groups is 1. The molecule has 0 fully saturated rings. The number of pyridine rings is 1. The highest BCUT2D eigenvalue weighted by Crippen LogP contribution is 2.14. The van der Waals surface area contributed by atoms with Gasteiger partial charge in [0, 0.05) is 35.6 Å². The minimum Gasteiger partial charge on any atom is -0.341 e. The number of non-ortho nitro benzene ring substituents is 1. The van der Waals surface area contributed by atoms with Crippen LogP contribution >= 0.6 is 0 Å². The standard InChI is InChI=1S/C22H20N4O5/c1-15(23-22(29)17-5-4-6-19(13-17)26(30)31)21(28)24-18-10-8-16(9-11-18)14-25-12-3-2-7-20(25)27/h2-13,15H,14H2,1H3,(H,23,29)(H,24,28). The molecule has 0 spiro atoms. The summed E-state index contributed by atoms with van der Waals surface area (Å²) in [5, 5.41) is 16.1. The normalized spacial score (nSPS) is 11.4. The van der Waals surface area contributed by atoms with Gasteiger partial charge in [0.1, 0.15) is 6.04 Å². The van der Waals surface area contributed by atoms with Gasteiger partial charge in [-0.3, -0.25) is 24.5 Å². The Labute approximate surface area is 177 Å². The second-order valence-corrected chi connectivity index (χ2v) is 6.86. The van der Waals surface area contributed by atoms with Crippen LogP contribution in [0, 0.1) is 10.1 Å². The maximum Gasteiger partial charge on any atom is 0.270 e. The highest BCUT2D eigenvalue weighted by atomic mass is 16.6. The molecule has 2 amide bonds. The van der Waals surface area contributed by atoms with Crippen molar-refractivity contribution < 1.29 is 14.5 Å². The molecule has 2 N–H and O–H groups in total. The summed E-state index contributed by atoms with van der Waals surface area (Å²) in [6.45, 7) is 1.92. The lowest BCUT2D eigenvalue weighted by atomic mass is 10.1. The zero-order valence-electron chi connectivity index (χ0n) is 16.6. The molecule has 3 rings (SSSR count). The number of aromatic nitrogens is 1. The van der Waals surface area contributed by atoms with Crippen molar-refractivity contribution in [3.05, 3.63) is 105 Å². The molecule has 0 bridgehead atoms. The van der Waals surface area contributed by atoms with Crippen LogP contribution < -0.4 is 16.2 Å². The number of nitrogens with one attached hydrogen (secondary N) is 2. The summed E-state index contributed by atoms with van der Waals surface area (Å²) in [5.41, 5.74) is 1.20. The van der Waals surface area contributed by atoms with Crippen LogP contribution in [-0.2, 0) is 11.3 Å². The molecular weight excluding hydrogens is 400 g/mol. The van der Waals surface area contributed by atoms with Crippen LogP contribution in [0.5, 0.6) is 0 Å². The first kappa shape index (κ1) is 21.4. The van der Waals surface area contributed by atoms with Gasteiger partial charge in [0.15, 0.2) is 0 Å². The number of hydrogen-bond donors (Lipinski definition) is 2. The van der Waals surface area contributed by atoms with Gasteiger partial charge in [0.2, 0.25) is 5.91 Å². The van der Waals surface area contributed by atoms with Crippen LogP contribution in [0.15, 0.2) is 77.7 Å². The summed E-state index contributed by atoms with van der Waals surface area (Å²) < 4.78 is 1.57. The van der Waals surface area contributed by atoms with Crippen LogP contribution in [0.1, 0.15) is 22.8 Å². The molecule has 3 aromatic rings. The molecule has 0 aliphatic rings. The van der Waals surface area contributed by atoms with Crippen LogP contribution in [-0.4, -0.2) is 27.3 Å². The number of carbonyl (C=O) groups excluding carboxylic acids is 2. The minimum atomic E-state index is -0.866. The number of nitro benzene ring substituents is 1. The van der Waals surface area contributed by atoms with Crippen LogP contribution in [0.3, 0.4) is 0 Å². The van der Waals surface area contributed by atoms with Crippen molar-refractivity contribution in [3.8, 4) is 0 Å². The lowest BCUT2D eigenvalue weighted by molar-refractivity contribution is -0.384. The maximum atomic E-state index is 12.4. The second kappa shape index (κ2) is 9.49. The fourth-order valence-electron chi connectivity index (χ4n) is 2.84. The molecule has 1 aromatic heterocycles. The molecule has 0 saturated carbocycles. The van der Waals surface area contributed by atoms with E-state index in [9.17, 15) is 24.5 Å². The molecule has 0 aliphatic carbocycles. The van der Waals surface area contributed by atoms with Crippen molar-refractivity contribution in [1.29, 1.82) is 0 Å². The molecule has 1 atom stereocenters. The van der Waals surface area contributed by atoms with Crippen molar-refractivity contribution in [2.24, 2.45) is 0 Å². The summed E-state index contributed by atoms with van der Waals surface area (Å²) in [5.74, 6) is -1.03. The highest BCUT2D eigenvalue weighted by Gasteiger charge is 2.18. The maximum absolute atomic E-state index is 12.4. The van der Waals surface area contributed by atoms with E-state index >= 15 is 0 Å². The van der Waals surface area contributed by atoms with Crippen molar-refractivity contribution in [1.82, 2.24) is 9.88 Å². The number of amides is 2. The Bertz CT molecular complexity index is 1170. The van der Waals surface area contributed by atoms with Crippen LogP contribution in [0.25, 0.3) is 0 Å². The van der Waals surface area contributed by atoms with E-state index in [1.54, 1.807) is 47.2 Å². The Hall–Kier alpha value is -4.27. The molecule has 1 heterocycles. The zero-order valence-corrected chi connectivity index (χ0v) is 16.6. The molecule has 158 valence electrons. The van der Waals surface area contributed by atoms with E-state index < -0.39 is 22.8 Å². The Morgan fingerprint density at radius 2 is 1.81 bits per heavy atom. The van der Waals surface area contributed by atoms with Crippen molar-refractivity contribution in [2.45, 2.75) is 19.5 Å². The quantitative estimate of drug-likeness (QED) is 0.449. The van der Waals surface area contributed by atoms with Crippen molar-refractivity contribution >= 4 is 23.2 Å². The first-order valence-corrected chi connectivity index (χ1v) is 9.44. The summed E-state index contributed by atoms with van der Waals surface area (Å²) in [6.07, 6.45) is 1.70. The van der Waals surface area contributed by atoms with E-state index in [-0.39, 0.29) is 16.8 Å². The number of rotatable bonds is 7. The predicted molar refractivity (Wildman–Crippen MR) is 115 cm³/mol. The van der Waals surface area contributed by atoms with E-state index in [0.717, 1.165) is 11.6 Å². The number of nitrogens with zero attached hydrogens (tertiary/aromatic N) is 2. The molecule has 2 aromatic carbocycles. The van der Waals surface area contributed by atoms with Gasteiger partial charge in [-0.25, -0.2) is 0 Å². The van der Waals surface area contributed by atoms with E-state index in [0.29, 0.717) is 12.2 Å². The van der Waals surface area contributed by atoms with Crippen molar-refractivity contribution in [3.63, 3.8) is 0 Å². The minimum absolute atomic E-state index is 0.0920. The molecule has 9 heteroatoms. The third kappa shape index (κ3) is 5.63. The number of carbonyl (C=O) groups is 2. The van der Waals surface area contributed by atoms with E-state index in [4.69, 9.17) is 0 Å². The Morgan fingerprint density at radius 3 is 2.48 bits per heavy atom. The third-order valence-electron chi connectivity index (χ3n) is 4.53. The molecule has 0 saturated heterocycles. The fraction of sp³-hybridized carbons (Fsp3) is 0.136. The van der Waals surface area contributed by atoms with Gasteiger partial charge in [0.05, 0.1) is 11.5 Å². The lowest BCUT2D eigenvalue weighted by Crippen LogP contribution is -2.41. The first-order valence-electron chi connectivity index (χ1n) is 9.44. The molecule has 31 heavy (non-hydrogen) atoms. The van der Waals surface area contributed by atoms with Gasteiger partial charge in [-0.2, -0.15) is 0 Å². The second-order valence-electron chi connectivity index (χ2n) is 6.86. The summed E-state index contributed by atoms with van der Waals surface area (Å²) in [7, 11) is 0. The van der Waals surface area contributed by atoms with Gasteiger partial charge >= 0.3 is 0 Å². The summed E-state index contributed by atoms with van der Waals surface area (Å²) >= 11 is 0.